The summed E-state index contributed by atoms with van der Waals surface area (Å²) >= 11 is 3.68. The van der Waals surface area contributed by atoms with Crippen molar-refractivity contribution in [2.45, 2.75) is 51.1 Å². The molecule has 25 heavy (non-hydrogen) atoms. The monoisotopic (exact) mass is 396 g/mol. The van der Waals surface area contributed by atoms with E-state index in [9.17, 15) is 5.26 Å². The van der Waals surface area contributed by atoms with Crippen LogP contribution in [0.1, 0.15) is 48.9 Å². The highest BCUT2D eigenvalue weighted by molar-refractivity contribution is 9.10. The predicted molar refractivity (Wildman–Crippen MR) is 106 cm³/mol. The average Bonchev–Trinajstić information content (AvgIpc) is 2.66. The van der Waals surface area contributed by atoms with Crippen LogP contribution in [-0.4, -0.2) is 6.04 Å². The topological polar surface area (TPSA) is 35.8 Å². The van der Waals surface area contributed by atoms with Crippen molar-refractivity contribution in [3.05, 3.63) is 69.7 Å². The zero-order valence-electron chi connectivity index (χ0n) is 14.7. The molecular formula is C22H25BrN2. The first-order chi connectivity index (χ1) is 12.2. The quantitative estimate of drug-likeness (QED) is 0.691. The van der Waals surface area contributed by atoms with E-state index in [1.165, 1.54) is 21.2 Å². The van der Waals surface area contributed by atoms with E-state index in [2.05, 4.69) is 82.8 Å². The number of hydrogen-bond donors (Lipinski definition) is 1. The molecule has 1 aliphatic rings. The summed E-state index contributed by atoms with van der Waals surface area (Å²) in [5, 5.41) is 13.2. The molecular weight excluding hydrogens is 372 g/mol. The summed E-state index contributed by atoms with van der Waals surface area (Å²) in [5.41, 5.74) is 4.19. The number of rotatable bonds is 6. The molecule has 0 saturated heterocycles. The van der Waals surface area contributed by atoms with E-state index < -0.39 is 0 Å². The summed E-state index contributed by atoms with van der Waals surface area (Å²) in [6.07, 6.45) is 4.88. The minimum absolute atomic E-state index is 0.238. The van der Waals surface area contributed by atoms with Gasteiger partial charge in [0.25, 0.3) is 0 Å². The lowest BCUT2D eigenvalue weighted by Crippen LogP contribution is -2.40. The molecule has 1 aliphatic carbocycles. The molecule has 3 atom stereocenters. The molecule has 0 heterocycles. The molecule has 2 aromatic rings. The van der Waals surface area contributed by atoms with Crippen LogP contribution in [0.15, 0.2) is 53.0 Å². The summed E-state index contributed by atoms with van der Waals surface area (Å²) in [4.78, 5) is 0. The SMILES string of the molecule is CCC(NC(CC#N)C1CCc2c(Br)cccc2C1)c1ccccc1. The van der Waals surface area contributed by atoms with Gasteiger partial charge in [0.15, 0.2) is 0 Å². The van der Waals surface area contributed by atoms with E-state index >= 15 is 0 Å². The van der Waals surface area contributed by atoms with Crippen LogP contribution >= 0.6 is 15.9 Å². The third-order valence-electron chi connectivity index (χ3n) is 5.37. The van der Waals surface area contributed by atoms with Gasteiger partial charge < -0.3 is 5.32 Å². The molecule has 0 aliphatic heterocycles. The second-order valence-electron chi connectivity index (χ2n) is 6.89. The van der Waals surface area contributed by atoms with Crippen LogP contribution in [0.3, 0.4) is 0 Å². The number of nitriles is 1. The van der Waals surface area contributed by atoms with Gasteiger partial charge in [0.1, 0.15) is 0 Å². The van der Waals surface area contributed by atoms with Crippen molar-refractivity contribution in [2.24, 2.45) is 5.92 Å². The van der Waals surface area contributed by atoms with E-state index in [4.69, 9.17) is 0 Å². The molecule has 0 aromatic heterocycles. The number of hydrogen-bond acceptors (Lipinski definition) is 2. The summed E-state index contributed by atoms with van der Waals surface area (Å²) in [5.74, 6) is 0.513. The molecule has 0 fully saturated rings. The molecule has 0 spiro atoms. The van der Waals surface area contributed by atoms with Crippen molar-refractivity contribution in [1.82, 2.24) is 5.32 Å². The van der Waals surface area contributed by atoms with Crippen molar-refractivity contribution in [3.8, 4) is 6.07 Å². The van der Waals surface area contributed by atoms with Gasteiger partial charge >= 0.3 is 0 Å². The molecule has 3 unspecified atom stereocenters. The maximum absolute atomic E-state index is 9.37. The number of halogens is 1. The Balaban J connectivity index is 1.76. The third kappa shape index (κ3) is 4.32. The van der Waals surface area contributed by atoms with Gasteiger partial charge in [-0.1, -0.05) is 65.3 Å². The van der Waals surface area contributed by atoms with Crippen molar-refractivity contribution in [1.29, 1.82) is 5.26 Å². The lowest BCUT2D eigenvalue weighted by Gasteiger charge is -2.34. The minimum Gasteiger partial charge on any atom is -0.306 e. The van der Waals surface area contributed by atoms with E-state index in [1.54, 1.807) is 0 Å². The van der Waals surface area contributed by atoms with Crippen LogP contribution in [0.2, 0.25) is 0 Å². The molecule has 3 rings (SSSR count). The van der Waals surface area contributed by atoms with E-state index in [1.807, 2.05) is 0 Å². The van der Waals surface area contributed by atoms with Gasteiger partial charge in [0.05, 0.1) is 12.5 Å². The largest absolute Gasteiger partial charge is 0.306 e. The Morgan fingerprint density at radius 3 is 2.72 bits per heavy atom. The van der Waals surface area contributed by atoms with Crippen LogP contribution in [0.4, 0.5) is 0 Å². The van der Waals surface area contributed by atoms with Crippen molar-refractivity contribution >= 4 is 15.9 Å². The Kier molecular flexibility index (Phi) is 6.29. The molecule has 0 saturated carbocycles. The van der Waals surface area contributed by atoms with Crippen LogP contribution in [0.25, 0.3) is 0 Å². The van der Waals surface area contributed by atoms with Gasteiger partial charge in [-0.3, -0.25) is 0 Å². The van der Waals surface area contributed by atoms with Crippen LogP contribution in [-0.2, 0) is 12.8 Å². The zero-order chi connectivity index (χ0) is 17.6. The fourth-order valence-corrected chi connectivity index (χ4v) is 4.59. The lowest BCUT2D eigenvalue weighted by atomic mass is 9.79. The Morgan fingerprint density at radius 2 is 2.00 bits per heavy atom. The number of fused-ring (bicyclic) bond motifs is 1. The van der Waals surface area contributed by atoms with Gasteiger partial charge in [0.2, 0.25) is 0 Å². The summed E-state index contributed by atoms with van der Waals surface area (Å²) in [7, 11) is 0. The van der Waals surface area contributed by atoms with Crippen molar-refractivity contribution in [2.75, 3.05) is 0 Å². The van der Waals surface area contributed by atoms with Gasteiger partial charge in [0, 0.05) is 16.6 Å². The molecule has 0 bridgehead atoms. The number of nitrogens with zero attached hydrogens (tertiary/aromatic N) is 1. The summed E-state index contributed by atoms with van der Waals surface area (Å²) in [6, 6.07) is 20.0. The van der Waals surface area contributed by atoms with Crippen molar-refractivity contribution < 1.29 is 0 Å². The highest BCUT2D eigenvalue weighted by Gasteiger charge is 2.28. The average molecular weight is 397 g/mol. The Morgan fingerprint density at radius 1 is 1.20 bits per heavy atom. The second kappa shape index (κ2) is 8.65. The molecule has 0 radical (unpaired) electrons. The highest BCUT2D eigenvalue weighted by atomic mass is 79.9. The Bertz CT molecular complexity index is 735. The Labute approximate surface area is 159 Å². The summed E-state index contributed by atoms with van der Waals surface area (Å²) in [6.45, 7) is 2.21. The summed E-state index contributed by atoms with van der Waals surface area (Å²) < 4.78 is 1.23. The van der Waals surface area contributed by atoms with E-state index in [0.29, 0.717) is 18.4 Å². The van der Waals surface area contributed by atoms with Crippen molar-refractivity contribution in [3.63, 3.8) is 0 Å². The maximum atomic E-state index is 9.37. The van der Waals surface area contributed by atoms with E-state index in [0.717, 1.165) is 25.7 Å². The fourth-order valence-electron chi connectivity index (χ4n) is 3.99. The molecule has 2 aromatic carbocycles. The second-order valence-corrected chi connectivity index (χ2v) is 7.74. The fraction of sp³-hybridized carbons (Fsp3) is 0.409. The standard InChI is InChI=1S/C22H25BrN2/c1-2-21(16-7-4-3-5-8-16)25-22(13-14-24)18-11-12-19-17(15-18)9-6-10-20(19)23/h3-10,18,21-22,25H,2,11-13,15H2,1H3. The normalized spacial score (nSPS) is 18.8. The lowest BCUT2D eigenvalue weighted by molar-refractivity contribution is 0.292. The van der Waals surface area contributed by atoms with Crippen LogP contribution in [0, 0.1) is 17.2 Å². The molecule has 1 N–H and O–H groups in total. The molecule has 3 heteroatoms. The molecule has 0 amide bonds. The molecule has 130 valence electrons. The minimum atomic E-state index is 0.238. The predicted octanol–water partition coefficient (Wildman–Crippen LogP) is 5.58. The third-order valence-corrected chi connectivity index (χ3v) is 6.11. The zero-order valence-corrected chi connectivity index (χ0v) is 16.3. The van der Waals surface area contributed by atoms with E-state index in [-0.39, 0.29) is 6.04 Å². The smallest absolute Gasteiger partial charge is 0.0638 e. The number of benzene rings is 2. The molecule has 2 nitrogen and oxygen atoms in total. The van der Waals surface area contributed by atoms with Gasteiger partial charge in [-0.2, -0.15) is 5.26 Å². The number of nitrogens with one attached hydrogen (secondary N) is 1. The first kappa shape index (κ1) is 18.2. The highest BCUT2D eigenvalue weighted by Crippen LogP contribution is 2.33. The van der Waals surface area contributed by atoms with Crippen LogP contribution in [0.5, 0.6) is 0 Å². The van der Waals surface area contributed by atoms with Gasteiger partial charge in [-0.25, -0.2) is 0 Å². The van der Waals surface area contributed by atoms with Gasteiger partial charge in [-0.15, -0.1) is 0 Å². The first-order valence-electron chi connectivity index (χ1n) is 9.17. The van der Waals surface area contributed by atoms with Gasteiger partial charge in [-0.05, 0) is 54.4 Å². The first-order valence-corrected chi connectivity index (χ1v) is 9.96. The maximum Gasteiger partial charge on any atom is 0.0638 e. The Hall–Kier alpha value is -1.63. The van der Waals surface area contributed by atoms with Crippen LogP contribution < -0.4 is 5.32 Å².